The van der Waals surface area contributed by atoms with Crippen molar-refractivity contribution in [3.05, 3.63) is 65.7 Å². The molecule has 0 aromatic heterocycles. The maximum Gasteiger partial charge on any atom is 0.255 e. The Morgan fingerprint density at radius 2 is 1.73 bits per heavy atom. The summed E-state index contributed by atoms with van der Waals surface area (Å²) >= 11 is 1.63. The summed E-state index contributed by atoms with van der Waals surface area (Å²) in [6.07, 6.45) is 0.873. The highest BCUT2D eigenvalue weighted by atomic mass is 32.2. The number of hydrogen-bond acceptors (Lipinski definition) is 5. The zero-order valence-corrected chi connectivity index (χ0v) is 17.6. The average Bonchev–Trinajstić information content (AvgIpc) is 3.16. The van der Waals surface area contributed by atoms with Crippen LogP contribution in [0.3, 0.4) is 0 Å². The summed E-state index contributed by atoms with van der Waals surface area (Å²) in [6.45, 7) is 2.93. The minimum Gasteiger partial charge on any atom is -0.370 e. The predicted octanol–water partition coefficient (Wildman–Crippen LogP) is 2.81. The van der Waals surface area contributed by atoms with Gasteiger partial charge < -0.3 is 14.7 Å². The molecule has 154 valence electrons. The molecular formula is C23H24N4O2S. The number of carbonyl (C=O) groups is 2. The van der Waals surface area contributed by atoms with E-state index in [-0.39, 0.29) is 11.8 Å². The number of carbonyl (C=O) groups excluding carboxylic acids is 2. The van der Waals surface area contributed by atoms with Gasteiger partial charge in [0.25, 0.3) is 5.91 Å². The first kappa shape index (κ1) is 20.3. The normalized spacial score (nSPS) is 19.3. The molecular weight excluding hydrogens is 396 g/mol. The molecule has 2 fully saturated rings. The molecule has 0 unspecified atom stereocenters. The zero-order valence-electron chi connectivity index (χ0n) is 16.7. The maximum atomic E-state index is 13.3. The quantitative estimate of drug-likeness (QED) is 0.764. The summed E-state index contributed by atoms with van der Waals surface area (Å²) in [7, 11) is 0. The molecule has 7 heteroatoms. The van der Waals surface area contributed by atoms with E-state index in [2.05, 4.69) is 11.0 Å². The van der Waals surface area contributed by atoms with E-state index in [0.29, 0.717) is 35.8 Å². The Labute approximate surface area is 181 Å². The van der Waals surface area contributed by atoms with Crippen LogP contribution in [0.4, 0.5) is 5.69 Å². The van der Waals surface area contributed by atoms with Crippen LogP contribution in [0.25, 0.3) is 0 Å². The highest BCUT2D eigenvalue weighted by Gasteiger charge is 2.37. The van der Waals surface area contributed by atoms with E-state index >= 15 is 0 Å². The molecule has 2 aliphatic rings. The van der Waals surface area contributed by atoms with E-state index in [4.69, 9.17) is 5.26 Å². The summed E-state index contributed by atoms with van der Waals surface area (Å²) < 4.78 is 0. The summed E-state index contributed by atoms with van der Waals surface area (Å²) in [5, 5.41) is 8.98. The van der Waals surface area contributed by atoms with Crippen LogP contribution in [0.5, 0.6) is 0 Å². The lowest BCUT2D eigenvalue weighted by Crippen LogP contribution is -2.49. The third kappa shape index (κ3) is 4.29. The molecule has 2 heterocycles. The molecule has 2 aromatic carbocycles. The molecule has 6 nitrogen and oxygen atoms in total. The SMILES string of the molecule is N#Cc1ccc(N2CCCN(C(=O)[C@@H]3CSCN3C(=O)c3ccccc3)CC2)cc1. The second-order valence-corrected chi connectivity index (χ2v) is 8.48. The molecule has 2 aromatic rings. The van der Waals surface area contributed by atoms with Crippen molar-refractivity contribution in [1.29, 1.82) is 5.26 Å². The van der Waals surface area contributed by atoms with E-state index in [1.807, 2.05) is 47.4 Å². The van der Waals surface area contributed by atoms with Crippen molar-refractivity contribution in [3.8, 4) is 6.07 Å². The lowest BCUT2D eigenvalue weighted by Gasteiger charge is -2.29. The maximum absolute atomic E-state index is 13.3. The number of amides is 2. The lowest BCUT2D eigenvalue weighted by atomic mass is 10.1. The van der Waals surface area contributed by atoms with Crippen molar-refractivity contribution in [2.24, 2.45) is 0 Å². The fraction of sp³-hybridized carbons (Fsp3) is 0.348. The molecule has 2 aliphatic heterocycles. The smallest absolute Gasteiger partial charge is 0.255 e. The van der Waals surface area contributed by atoms with Crippen molar-refractivity contribution in [3.63, 3.8) is 0 Å². The molecule has 2 saturated heterocycles. The molecule has 1 atom stereocenters. The molecule has 2 amide bonds. The molecule has 0 bridgehead atoms. The van der Waals surface area contributed by atoms with Crippen molar-refractivity contribution < 1.29 is 9.59 Å². The summed E-state index contributed by atoms with van der Waals surface area (Å²) in [4.78, 5) is 32.1. The van der Waals surface area contributed by atoms with E-state index in [0.717, 1.165) is 25.2 Å². The van der Waals surface area contributed by atoms with E-state index in [1.54, 1.807) is 28.8 Å². The Hall–Kier alpha value is -2.98. The van der Waals surface area contributed by atoms with Crippen molar-refractivity contribution >= 4 is 29.3 Å². The molecule has 0 aliphatic carbocycles. The van der Waals surface area contributed by atoms with Crippen LogP contribution in [0.15, 0.2) is 54.6 Å². The van der Waals surface area contributed by atoms with Crippen LogP contribution in [-0.4, -0.2) is 65.5 Å². The van der Waals surface area contributed by atoms with Gasteiger partial charge in [0.2, 0.25) is 5.91 Å². The highest BCUT2D eigenvalue weighted by Crippen LogP contribution is 2.25. The first-order valence-corrected chi connectivity index (χ1v) is 11.3. The molecule has 0 N–H and O–H groups in total. The number of benzene rings is 2. The number of hydrogen-bond donors (Lipinski definition) is 0. The fourth-order valence-corrected chi connectivity index (χ4v) is 5.09. The van der Waals surface area contributed by atoms with Gasteiger partial charge in [-0.05, 0) is 42.8 Å². The van der Waals surface area contributed by atoms with Gasteiger partial charge in [0.05, 0.1) is 17.5 Å². The van der Waals surface area contributed by atoms with Crippen molar-refractivity contribution in [1.82, 2.24) is 9.80 Å². The topological polar surface area (TPSA) is 67.7 Å². The monoisotopic (exact) mass is 420 g/mol. The van der Waals surface area contributed by atoms with Crippen molar-refractivity contribution in [2.45, 2.75) is 12.5 Å². The molecule has 4 rings (SSSR count). The van der Waals surface area contributed by atoms with E-state index in [9.17, 15) is 9.59 Å². The average molecular weight is 421 g/mol. The number of nitrogens with zero attached hydrogens (tertiary/aromatic N) is 4. The Kier molecular flexibility index (Phi) is 6.24. The van der Waals surface area contributed by atoms with Gasteiger partial charge in [-0.2, -0.15) is 5.26 Å². The Morgan fingerprint density at radius 1 is 0.967 bits per heavy atom. The predicted molar refractivity (Wildman–Crippen MR) is 118 cm³/mol. The Bertz CT molecular complexity index is 942. The van der Waals surface area contributed by atoms with Gasteiger partial charge in [-0.1, -0.05) is 18.2 Å². The number of rotatable bonds is 3. The van der Waals surface area contributed by atoms with Gasteiger partial charge >= 0.3 is 0 Å². The summed E-state index contributed by atoms with van der Waals surface area (Å²) in [6, 6.07) is 18.5. The number of thioether (sulfide) groups is 1. The van der Waals surface area contributed by atoms with Crippen LogP contribution in [0.1, 0.15) is 22.3 Å². The van der Waals surface area contributed by atoms with Crippen LogP contribution >= 0.6 is 11.8 Å². The molecule has 0 saturated carbocycles. The largest absolute Gasteiger partial charge is 0.370 e. The number of anilines is 1. The van der Waals surface area contributed by atoms with Gasteiger partial charge in [-0.25, -0.2) is 0 Å². The van der Waals surface area contributed by atoms with Gasteiger partial charge in [0.15, 0.2) is 0 Å². The van der Waals surface area contributed by atoms with Crippen LogP contribution < -0.4 is 4.90 Å². The fourth-order valence-electron chi connectivity index (χ4n) is 3.95. The van der Waals surface area contributed by atoms with Crippen molar-refractivity contribution in [2.75, 3.05) is 42.7 Å². The minimum atomic E-state index is -0.399. The molecule has 30 heavy (non-hydrogen) atoms. The minimum absolute atomic E-state index is 0.0472. The second kappa shape index (κ2) is 9.23. The number of nitriles is 1. The lowest BCUT2D eigenvalue weighted by molar-refractivity contribution is -0.134. The van der Waals surface area contributed by atoms with Crippen LogP contribution in [0, 0.1) is 11.3 Å². The first-order valence-electron chi connectivity index (χ1n) is 10.1. The third-order valence-corrected chi connectivity index (χ3v) is 6.63. The van der Waals surface area contributed by atoms with Gasteiger partial charge in [-0.3, -0.25) is 9.59 Å². The Morgan fingerprint density at radius 3 is 2.47 bits per heavy atom. The first-order chi connectivity index (χ1) is 14.7. The van der Waals surface area contributed by atoms with Gasteiger partial charge in [0, 0.05) is 43.2 Å². The van der Waals surface area contributed by atoms with Gasteiger partial charge in [-0.15, -0.1) is 11.8 Å². The molecule has 0 spiro atoms. The Balaban J connectivity index is 1.41. The zero-order chi connectivity index (χ0) is 20.9. The highest BCUT2D eigenvalue weighted by molar-refractivity contribution is 7.99. The van der Waals surface area contributed by atoms with Gasteiger partial charge in [0.1, 0.15) is 6.04 Å². The van der Waals surface area contributed by atoms with Crippen LogP contribution in [-0.2, 0) is 4.79 Å². The van der Waals surface area contributed by atoms with E-state index in [1.165, 1.54) is 0 Å². The van der Waals surface area contributed by atoms with Crippen LogP contribution in [0.2, 0.25) is 0 Å². The third-order valence-electron chi connectivity index (χ3n) is 5.62. The second-order valence-electron chi connectivity index (χ2n) is 7.48. The molecule has 0 radical (unpaired) electrons. The summed E-state index contributed by atoms with van der Waals surface area (Å²) in [5.41, 5.74) is 2.34. The summed E-state index contributed by atoms with van der Waals surface area (Å²) in [5.74, 6) is 1.17. The standard InChI is InChI=1S/C23H24N4O2S/c24-15-18-7-9-20(10-8-18)25-11-4-12-26(14-13-25)23(29)21-16-30-17-27(21)22(28)19-5-2-1-3-6-19/h1-3,5-10,21H,4,11-14,16-17H2/t21-/m0/s1. The van der Waals surface area contributed by atoms with E-state index < -0.39 is 6.04 Å².